The van der Waals surface area contributed by atoms with Gasteiger partial charge in [-0.3, -0.25) is 9.59 Å². The number of carbonyl (C=O) groups excluding carboxylic acids is 2. The number of anilines is 1. The number of nitrogens with zero attached hydrogens (tertiary/aromatic N) is 1. The van der Waals surface area contributed by atoms with Crippen LogP contribution in [0.3, 0.4) is 0 Å². The Morgan fingerprint density at radius 3 is 2.13 bits per heavy atom. The Labute approximate surface area is 182 Å². The Morgan fingerprint density at radius 1 is 0.867 bits per heavy atom. The molecular weight excluding hydrogens is 433 g/mol. The van der Waals surface area contributed by atoms with Crippen molar-refractivity contribution in [2.24, 2.45) is 0 Å². The molecule has 2 amide bonds. The molecule has 3 rings (SSSR count). The highest BCUT2D eigenvalue weighted by atomic mass is 35.5. The number of hydrogen-bond acceptors (Lipinski definition) is 2. The van der Waals surface area contributed by atoms with Gasteiger partial charge in [-0.2, -0.15) is 0 Å². The van der Waals surface area contributed by atoms with E-state index in [1.54, 1.807) is 24.3 Å². The van der Waals surface area contributed by atoms with Gasteiger partial charge in [0.15, 0.2) is 0 Å². The number of halogens is 4. The van der Waals surface area contributed by atoms with Crippen molar-refractivity contribution in [1.29, 1.82) is 0 Å². The summed E-state index contributed by atoms with van der Waals surface area (Å²) in [6, 6.07) is 15.9. The molecule has 0 aromatic heterocycles. The molecule has 0 aliphatic carbocycles. The van der Waals surface area contributed by atoms with Crippen molar-refractivity contribution in [3.8, 4) is 0 Å². The Morgan fingerprint density at radius 2 is 1.50 bits per heavy atom. The van der Waals surface area contributed by atoms with E-state index >= 15 is 0 Å². The average molecular weight is 449 g/mol. The molecule has 3 aromatic rings. The largest absolute Gasteiger partial charge is 0.325 e. The van der Waals surface area contributed by atoms with Gasteiger partial charge in [0.05, 0.1) is 6.54 Å². The topological polar surface area (TPSA) is 49.4 Å². The van der Waals surface area contributed by atoms with Crippen LogP contribution in [-0.2, 0) is 11.3 Å². The first-order valence-corrected chi connectivity index (χ1v) is 9.62. The van der Waals surface area contributed by atoms with Gasteiger partial charge >= 0.3 is 0 Å². The van der Waals surface area contributed by atoms with Crippen molar-refractivity contribution in [3.63, 3.8) is 0 Å². The summed E-state index contributed by atoms with van der Waals surface area (Å²) >= 11 is 11.8. The van der Waals surface area contributed by atoms with Gasteiger partial charge in [-0.25, -0.2) is 8.78 Å². The molecule has 0 radical (unpaired) electrons. The van der Waals surface area contributed by atoms with Gasteiger partial charge in [0, 0.05) is 26.9 Å². The van der Waals surface area contributed by atoms with Gasteiger partial charge in [0.25, 0.3) is 5.91 Å². The molecule has 8 heteroatoms. The van der Waals surface area contributed by atoms with Crippen LogP contribution in [0.25, 0.3) is 0 Å². The third-order valence-electron chi connectivity index (χ3n) is 4.23. The van der Waals surface area contributed by atoms with Crippen LogP contribution in [0.2, 0.25) is 10.0 Å². The molecule has 4 nitrogen and oxygen atoms in total. The van der Waals surface area contributed by atoms with Gasteiger partial charge in [-0.05, 0) is 54.6 Å². The molecule has 0 saturated heterocycles. The third-order valence-corrected chi connectivity index (χ3v) is 4.72. The van der Waals surface area contributed by atoms with E-state index in [2.05, 4.69) is 5.32 Å². The van der Waals surface area contributed by atoms with Crippen LogP contribution in [0.15, 0.2) is 66.7 Å². The molecule has 1 N–H and O–H groups in total. The smallest absolute Gasteiger partial charge is 0.254 e. The summed E-state index contributed by atoms with van der Waals surface area (Å²) < 4.78 is 28.3. The lowest BCUT2D eigenvalue weighted by molar-refractivity contribution is -0.117. The third kappa shape index (κ3) is 5.55. The van der Waals surface area contributed by atoms with E-state index in [-0.39, 0.29) is 11.1 Å². The quantitative estimate of drug-likeness (QED) is 0.537. The minimum absolute atomic E-state index is 0.228. The molecule has 0 atom stereocenters. The Kier molecular flexibility index (Phi) is 7.03. The summed E-state index contributed by atoms with van der Waals surface area (Å²) in [4.78, 5) is 26.5. The Bertz CT molecular complexity index is 1050. The monoisotopic (exact) mass is 448 g/mol. The summed E-state index contributed by atoms with van der Waals surface area (Å²) in [6.07, 6.45) is 0. The maximum atomic E-state index is 14.1. The fourth-order valence-corrected chi connectivity index (χ4v) is 3.11. The van der Waals surface area contributed by atoms with Gasteiger partial charge in [-0.1, -0.05) is 35.3 Å². The number of benzene rings is 3. The molecule has 0 spiro atoms. The molecule has 0 heterocycles. The van der Waals surface area contributed by atoms with E-state index in [4.69, 9.17) is 23.2 Å². The van der Waals surface area contributed by atoms with Gasteiger partial charge in [0.1, 0.15) is 18.2 Å². The predicted molar refractivity (Wildman–Crippen MR) is 113 cm³/mol. The van der Waals surface area contributed by atoms with E-state index in [9.17, 15) is 18.4 Å². The minimum Gasteiger partial charge on any atom is -0.325 e. The molecule has 154 valence electrons. The molecule has 0 aliphatic heterocycles. The lowest BCUT2D eigenvalue weighted by Gasteiger charge is -2.23. The Balaban J connectivity index is 1.85. The number of hydrogen-bond donors (Lipinski definition) is 1. The van der Waals surface area contributed by atoms with E-state index in [1.165, 1.54) is 30.3 Å². The molecular formula is C22H16Cl2F2N2O2. The second-order valence-electron chi connectivity index (χ2n) is 6.43. The number of carbonyl (C=O) groups is 2. The summed E-state index contributed by atoms with van der Waals surface area (Å²) in [5.41, 5.74) is 0.352. The van der Waals surface area contributed by atoms with Crippen molar-refractivity contribution in [2.75, 3.05) is 11.9 Å². The molecule has 0 unspecified atom stereocenters. The fraction of sp³-hybridized carbons (Fsp3) is 0.0909. The van der Waals surface area contributed by atoms with Crippen LogP contribution in [0.4, 0.5) is 14.5 Å². The van der Waals surface area contributed by atoms with Crippen molar-refractivity contribution < 1.29 is 18.4 Å². The highest BCUT2D eigenvalue weighted by molar-refractivity contribution is 6.31. The van der Waals surface area contributed by atoms with E-state index in [0.717, 1.165) is 17.0 Å². The normalized spacial score (nSPS) is 10.5. The van der Waals surface area contributed by atoms with Crippen LogP contribution in [0.1, 0.15) is 15.9 Å². The second kappa shape index (κ2) is 9.69. The first-order valence-electron chi connectivity index (χ1n) is 8.86. The fourth-order valence-electron chi connectivity index (χ4n) is 2.79. The van der Waals surface area contributed by atoms with Gasteiger partial charge in [-0.15, -0.1) is 0 Å². The molecule has 0 aliphatic rings. The van der Waals surface area contributed by atoms with Crippen LogP contribution in [0.5, 0.6) is 0 Å². The maximum Gasteiger partial charge on any atom is 0.254 e. The maximum absolute atomic E-state index is 14.1. The lowest BCUT2D eigenvalue weighted by Crippen LogP contribution is -2.38. The predicted octanol–water partition coefficient (Wildman–Crippen LogP) is 5.55. The lowest BCUT2D eigenvalue weighted by atomic mass is 10.1. The summed E-state index contributed by atoms with van der Waals surface area (Å²) in [5, 5.41) is 3.47. The summed E-state index contributed by atoms with van der Waals surface area (Å²) in [5.74, 6) is -2.73. The standard InChI is InChI=1S/C22H16Cl2F2N2O2/c23-15-9-7-14(8-10-15)22(30)28(12-18-19(25)5-2-6-20(18)26)13-21(29)27-17-4-1-3-16(24)11-17/h1-11H,12-13H2,(H,27,29). The van der Waals surface area contributed by atoms with Gasteiger partial charge < -0.3 is 10.2 Å². The molecule has 0 saturated carbocycles. The van der Waals surface area contributed by atoms with Gasteiger partial charge in [0.2, 0.25) is 5.91 Å². The second-order valence-corrected chi connectivity index (χ2v) is 7.30. The molecule has 3 aromatic carbocycles. The van der Waals surface area contributed by atoms with E-state index in [1.807, 2.05) is 0 Å². The zero-order valence-electron chi connectivity index (χ0n) is 15.5. The SMILES string of the molecule is O=C(CN(Cc1c(F)cccc1F)C(=O)c1ccc(Cl)cc1)Nc1cccc(Cl)c1. The molecule has 30 heavy (non-hydrogen) atoms. The van der Waals surface area contributed by atoms with Crippen LogP contribution < -0.4 is 5.32 Å². The number of rotatable bonds is 6. The zero-order valence-corrected chi connectivity index (χ0v) is 17.1. The number of amides is 2. The average Bonchev–Trinajstić information content (AvgIpc) is 2.70. The highest BCUT2D eigenvalue weighted by Crippen LogP contribution is 2.19. The Hall–Kier alpha value is -2.96. The molecule has 0 fully saturated rings. The first-order chi connectivity index (χ1) is 14.3. The summed E-state index contributed by atoms with van der Waals surface area (Å²) in [7, 11) is 0. The van der Waals surface area contributed by atoms with E-state index < -0.39 is 36.5 Å². The number of nitrogens with one attached hydrogen (secondary N) is 1. The molecule has 0 bridgehead atoms. The van der Waals surface area contributed by atoms with Crippen LogP contribution in [-0.4, -0.2) is 23.3 Å². The highest BCUT2D eigenvalue weighted by Gasteiger charge is 2.22. The van der Waals surface area contributed by atoms with Crippen molar-refractivity contribution >= 4 is 40.7 Å². The summed E-state index contributed by atoms with van der Waals surface area (Å²) in [6.45, 7) is -0.856. The zero-order chi connectivity index (χ0) is 21.7. The van der Waals surface area contributed by atoms with Crippen molar-refractivity contribution in [3.05, 3.63) is 99.5 Å². The first kappa shape index (κ1) is 21.7. The van der Waals surface area contributed by atoms with Crippen LogP contribution in [0, 0.1) is 11.6 Å². The van der Waals surface area contributed by atoms with Crippen molar-refractivity contribution in [2.45, 2.75) is 6.54 Å². The minimum atomic E-state index is -0.806. The van der Waals surface area contributed by atoms with Crippen molar-refractivity contribution in [1.82, 2.24) is 4.90 Å². The van der Waals surface area contributed by atoms with E-state index in [0.29, 0.717) is 15.7 Å². The van der Waals surface area contributed by atoms with Crippen LogP contribution >= 0.6 is 23.2 Å².